The molecule has 3 aromatic rings. The van der Waals surface area contributed by atoms with E-state index in [4.69, 9.17) is 23.7 Å². The third kappa shape index (κ3) is 11.8. The van der Waals surface area contributed by atoms with Crippen LogP contribution in [0.2, 0.25) is 0 Å². The molecule has 0 aliphatic heterocycles. The van der Waals surface area contributed by atoms with E-state index in [0.717, 1.165) is 12.2 Å². The maximum Gasteiger partial charge on any atom is 0.409 e. The predicted octanol–water partition coefficient (Wildman–Crippen LogP) is 8.29. The van der Waals surface area contributed by atoms with Crippen molar-refractivity contribution in [1.82, 2.24) is 4.90 Å². The largest absolute Gasteiger partial charge is 0.491 e. The molecule has 1 aliphatic rings. The van der Waals surface area contributed by atoms with Crippen LogP contribution in [0.5, 0.6) is 5.75 Å². The highest BCUT2D eigenvalue weighted by Crippen LogP contribution is 2.44. The molecule has 7 heteroatoms. The van der Waals surface area contributed by atoms with Crippen molar-refractivity contribution in [1.29, 1.82) is 0 Å². The molecule has 0 fully saturated rings. The Hall–Kier alpha value is -3.39. The fourth-order valence-electron chi connectivity index (χ4n) is 5.80. The van der Waals surface area contributed by atoms with E-state index >= 15 is 0 Å². The second-order valence-corrected chi connectivity index (χ2v) is 11.9. The van der Waals surface area contributed by atoms with E-state index in [9.17, 15) is 4.79 Å². The van der Waals surface area contributed by atoms with E-state index in [-0.39, 0.29) is 12.0 Å². The van der Waals surface area contributed by atoms with Gasteiger partial charge in [0.15, 0.2) is 0 Å². The number of hydrogen-bond acceptors (Lipinski definition) is 6. The number of carbonyl (C=O) groups excluding carboxylic acids is 1. The van der Waals surface area contributed by atoms with Crippen LogP contribution >= 0.6 is 0 Å². The van der Waals surface area contributed by atoms with E-state index in [1.54, 1.807) is 11.9 Å². The monoisotopic (exact) mass is 631 g/mol. The van der Waals surface area contributed by atoms with Crippen LogP contribution < -0.4 is 4.74 Å². The summed E-state index contributed by atoms with van der Waals surface area (Å²) in [5, 5.41) is 0. The van der Waals surface area contributed by atoms with Gasteiger partial charge in [0.25, 0.3) is 0 Å². The minimum atomic E-state index is -0.348. The number of rotatable bonds is 23. The van der Waals surface area contributed by atoms with Crippen molar-refractivity contribution in [2.75, 3.05) is 66.4 Å². The molecular weight excluding hydrogens is 578 g/mol. The van der Waals surface area contributed by atoms with Crippen LogP contribution in [0.25, 0.3) is 11.1 Å². The fourth-order valence-corrected chi connectivity index (χ4v) is 5.80. The molecule has 0 saturated carbocycles. The topological polar surface area (TPSA) is 66.5 Å². The second-order valence-electron chi connectivity index (χ2n) is 11.9. The first-order chi connectivity index (χ1) is 22.7. The molecule has 46 heavy (non-hydrogen) atoms. The van der Waals surface area contributed by atoms with Crippen LogP contribution in [0.3, 0.4) is 0 Å². The van der Waals surface area contributed by atoms with Gasteiger partial charge < -0.3 is 28.6 Å². The Labute approximate surface area is 276 Å². The number of nitrogens with zero attached hydrogens (tertiary/aromatic N) is 1. The summed E-state index contributed by atoms with van der Waals surface area (Å²) < 4.78 is 28.3. The molecule has 1 aliphatic carbocycles. The number of benzene rings is 3. The molecule has 0 atom stereocenters. The molecule has 3 aromatic carbocycles. The first-order valence-corrected chi connectivity index (χ1v) is 17.2. The number of hydrogen-bond donors (Lipinski definition) is 0. The minimum absolute atomic E-state index is 0.0521. The standard InChI is InChI=1S/C39H53NO6/c1-3-4-5-6-7-8-9-14-32-19-21-33(22-20-32)45-30-29-44-28-27-43-26-25-42-24-23-40(2)39(41)46-31-38-36-17-12-10-15-34(36)35-16-11-13-18-37(35)38/h10-13,15-22,38H,3-9,14,23-31H2,1-2H3. The van der Waals surface area contributed by atoms with Gasteiger partial charge in [-0.2, -0.15) is 0 Å². The van der Waals surface area contributed by atoms with Crippen molar-refractivity contribution in [2.45, 2.75) is 64.2 Å². The maximum atomic E-state index is 12.6. The summed E-state index contributed by atoms with van der Waals surface area (Å²) in [6.07, 6.45) is 10.1. The van der Waals surface area contributed by atoms with E-state index in [1.807, 2.05) is 24.3 Å². The van der Waals surface area contributed by atoms with Crippen LogP contribution in [0.15, 0.2) is 72.8 Å². The van der Waals surface area contributed by atoms with Gasteiger partial charge in [0.2, 0.25) is 0 Å². The summed E-state index contributed by atoms with van der Waals surface area (Å²) in [4.78, 5) is 14.2. The molecule has 0 radical (unpaired) electrons. The Bertz CT molecular complexity index is 1230. The van der Waals surface area contributed by atoms with E-state index in [2.05, 4.69) is 55.5 Å². The molecule has 0 aromatic heterocycles. The summed E-state index contributed by atoms with van der Waals surface area (Å²) in [6.45, 7) is 6.39. The van der Waals surface area contributed by atoms with Crippen molar-refractivity contribution in [3.05, 3.63) is 89.5 Å². The second kappa shape index (κ2) is 20.7. The molecule has 0 unspecified atom stereocenters. The molecule has 7 nitrogen and oxygen atoms in total. The van der Waals surface area contributed by atoms with E-state index in [0.29, 0.717) is 59.4 Å². The van der Waals surface area contributed by atoms with Crippen LogP contribution in [0.4, 0.5) is 4.79 Å². The number of likely N-dealkylation sites (N-methyl/N-ethyl adjacent to an activating group) is 1. The lowest BCUT2D eigenvalue weighted by Crippen LogP contribution is -2.32. The molecular formula is C39H53NO6. The number of amides is 1. The van der Waals surface area contributed by atoms with Gasteiger partial charge in [-0.1, -0.05) is 106 Å². The summed E-state index contributed by atoms with van der Waals surface area (Å²) in [5.74, 6) is 0.931. The number of fused-ring (bicyclic) bond motifs is 3. The van der Waals surface area contributed by atoms with Gasteiger partial charge in [-0.3, -0.25) is 0 Å². The lowest BCUT2D eigenvalue weighted by molar-refractivity contribution is 0.00655. The number of aryl methyl sites for hydroxylation is 1. The first-order valence-electron chi connectivity index (χ1n) is 17.2. The highest BCUT2D eigenvalue weighted by atomic mass is 16.6. The van der Waals surface area contributed by atoms with Crippen molar-refractivity contribution in [3.8, 4) is 16.9 Å². The number of unbranched alkanes of at least 4 members (excludes halogenated alkanes) is 6. The SMILES string of the molecule is CCCCCCCCCc1ccc(OCCOCCOCCOCCN(C)C(=O)OCC2c3ccccc3-c3ccccc32)cc1. The van der Waals surface area contributed by atoms with Gasteiger partial charge in [0.05, 0.1) is 39.6 Å². The zero-order valence-electron chi connectivity index (χ0n) is 27.9. The third-order valence-electron chi connectivity index (χ3n) is 8.45. The molecule has 0 heterocycles. The van der Waals surface area contributed by atoms with Gasteiger partial charge in [0, 0.05) is 19.5 Å². The Morgan fingerprint density at radius 1 is 0.652 bits per heavy atom. The van der Waals surface area contributed by atoms with E-state index < -0.39 is 0 Å². The Morgan fingerprint density at radius 2 is 1.20 bits per heavy atom. The van der Waals surface area contributed by atoms with Gasteiger partial charge in [-0.25, -0.2) is 4.79 Å². The average Bonchev–Trinajstić information content (AvgIpc) is 3.41. The van der Waals surface area contributed by atoms with Crippen molar-refractivity contribution >= 4 is 6.09 Å². The third-order valence-corrected chi connectivity index (χ3v) is 8.45. The zero-order valence-corrected chi connectivity index (χ0v) is 27.9. The predicted molar refractivity (Wildman–Crippen MR) is 184 cm³/mol. The van der Waals surface area contributed by atoms with E-state index in [1.165, 1.54) is 72.8 Å². The summed E-state index contributed by atoms with van der Waals surface area (Å²) in [5.41, 5.74) is 6.22. The van der Waals surface area contributed by atoms with Gasteiger partial charge in [-0.05, 0) is 52.8 Å². The molecule has 4 rings (SSSR count). The maximum absolute atomic E-state index is 12.6. The van der Waals surface area contributed by atoms with Crippen LogP contribution in [0.1, 0.15) is 74.5 Å². The minimum Gasteiger partial charge on any atom is -0.491 e. The van der Waals surface area contributed by atoms with Crippen LogP contribution in [-0.4, -0.2) is 77.4 Å². The number of ether oxygens (including phenoxy) is 5. The Balaban J connectivity index is 0.949. The van der Waals surface area contributed by atoms with Crippen molar-refractivity contribution in [2.24, 2.45) is 0 Å². The Morgan fingerprint density at radius 3 is 1.83 bits per heavy atom. The summed E-state index contributed by atoms with van der Waals surface area (Å²) in [6, 6.07) is 25.1. The fraction of sp³-hybridized carbons (Fsp3) is 0.513. The van der Waals surface area contributed by atoms with Crippen LogP contribution in [-0.2, 0) is 25.4 Å². The van der Waals surface area contributed by atoms with Gasteiger partial charge >= 0.3 is 6.09 Å². The lowest BCUT2D eigenvalue weighted by atomic mass is 9.98. The summed E-state index contributed by atoms with van der Waals surface area (Å²) in [7, 11) is 1.73. The Kier molecular flexibility index (Phi) is 15.9. The highest BCUT2D eigenvalue weighted by Gasteiger charge is 2.29. The summed E-state index contributed by atoms with van der Waals surface area (Å²) >= 11 is 0. The smallest absolute Gasteiger partial charge is 0.409 e. The molecule has 0 N–H and O–H groups in total. The quantitative estimate of drug-likeness (QED) is 0.0982. The molecule has 0 saturated heterocycles. The van der Waals surface area contributed by atoms with Crippen LogP contribution in [0, 0.1) is 0 Å². The van der Waals surface area contributed by atoms with Gasteiger partial charge in [0.1, 0.15) is 19.0 Å². The van der Waals surface area contributed by atoms with Crippen molar-refractivity contribution < 1.29 is 28.5 Å². The lowest BCUT2D eigenvalue weighted by Gasteiger charge is -2.19. The van der Waals surface area contributed by atoms with Gasteiger partial charge in [-0.15, -0.1) is 0 Å². The average molecular weight is 632 g/mol. The first kappa shape index (κ1) is 35.5. The highest BCUT2D eigenvalue weighted by molar-refractivity contribution is 5.79. The molecule has 1 amide bonds. The molecule has 0 bridgehead atoms. The molecule has 250 valence electrons. The molecule has 0 spiro atoms. The zero-order chi connectivity index (χ0) is 32.2. The van der Waals surface area contributed by atoms with Crippen molar-refractivity contribution in [3.63, 3.8) is 0 Å². The number of carbonyl (C=O) groups is 1. The normalized spacial score (nSPS) is 12.1.